The maximum absolute atomic E-state index is 13.5. The Bertz CT molecular complexity index is 1650. The number of hydrogen-bond donors (Lipinski definition) is 2. The predicted molar refractivity (Wildman–Crippen MR) is 309 cm³/mol. The van der Waals surface area contributed by atoms with Gasteiger partial charge in [-0.25, -0.2) is 4.57 Å². The quantitative estimate of drug-likeness (QED) is 0.0205. The van der Waals surface area contributed by atoms with Gasteiger partial charge in [0.05, 0.1) is 33.8 Å². The van der Waals surface area contributed by atoms with Gasteiger partial charge in [-0.3, -0.25) is 18.6 Å². The molecule has 0 saturated carbocycles. The summed E-state index contributed by atoms with van der Waals surface area (Å²) in [5.74, 6) is -0.592. The number of carbonyl (C=O) groups is 2. The van der Waals surface area contributed by atoms with E-state index in [1.54, 1.807) is 0 Å². The molecule has 410 valence electrons. The van der Waals surface area contributed by atoms with Crippen LogP contribution in [0.3, 0.4) is 0 Å². The first-order valence-corrected chi connectivity index (χ1v) is 29.9. The average Bonchev–Trinajstić information content (AvgIpc) is 3.34. The smallest absolute Gasteiger partial charge is 0.456 e. The number of amides is 1. The van der Waals surface area contributed by atoms with E-state index >= 15 is 0 Å². The second-order valence-electron chi connectivity index (χ2n) is 19.7. The SMILES string of the molecule is CC/C=C\C/C=C\C/C=C\C/C=C\C/C=C\CCCCCC(=O)OC(/C=C/CCCCCCCCCCC)C(COP(=O)(O)OCC[N+](C)(C)C)NC(=O)CCCCC/C=C/C/C=C/C/C=C/C/C=C/CC. The second-order valence-corrected chi connectivity index (χ2v) is 21.1. The van der Waals surface area contributed by atoms with Crippen LogP contribution >= 0.6 is 7.82 Å². The van der Waals surface area contributed by atoms with Crippen LogP contribution in [0.15, 0.2) is 122 Å². The molecule has 0 bridgehead atoms. The van der Waals surface area contributed by atoms with Gasteiger partial charge in [0.1, 0.15) is 19.3 Å². The van der Waals surface area contributed by atoms with Crippen molar-refractivity contribution in [1.82, 2.24) is 5.32 Å². The third-order valence-electron chi connectivity index (χ3n) is 11.6. The van der Waals surface area contributed by atoms with Crippen molar-refractivity contribution in [3.63, 3.8) is 0 Å². The summed E-state index contributed by atoms with van der Waals surface area (Å²) in [6.07, 6.45) is 70.6. The molecule has 0 aliphatic carbocycles. The summed E-state index contributed by atoms with van der Waals surface area (Å²) in [5.41, 5.74) is 0. The molecule has 0 aromatic carbocycles. The predicted octanol–water partition coefficient (Wildman–Crippen LogP) is 17.2. The Morgan fingerprint density at radius 3 is 1.33 bits per heavy atom. The van der Waals surface area contributed by atoms with Gasteiger partial charge in [0.2, 0.25) is 5.91 Å². The number of rotatable bonds is 49. The normalized spacial score (nSPS) is 14.7. The van der Waals surface area contributed by atoms with Crippen molar-refractivity contribution in [2.24, 2.45) is 0 Å². The molecule has 0 radical (unpaired) electrons. The van der Waals surface area contributed by atoms with E-state index in [2.05, 4.69) is 135 Å². The number of phosphoric acid groups is 1. The van der Waals surface area contributed by atoms with E-state index in [4.69, 9.17) is 13.8 Å². The summed E-state index contributed by atoms with van der Waals surface area (Å²) in [5, 5.41) is 3.01. The highest BCUT2D eigenvalue weighted by atomic mass is 31.2. The third-order valence-corrected chi connectivity index (χ3v) is 12.6. The van der Waals surface area contributed by atoms with Crippen LogP contribution in [-0.4, -0.2) is 74.3 Å². The molecule has 9 nitrogen and oxygen atoms in total. The molecule has 0 heterocycles. The highest BCUT2D eigenvalue weighted by molar-refractivity contribution is 7.47. The van der Waals surface area contributed by atoms with Crippen LogP contribution in [0.5, 0.6) is 0 Å². The monoisotopic (exact) mass is 1020 g/mol. The maximum Gasteiger partial charge on any atom is 0.472 e. The van der Waals surface area contributed by atoms with Crippen molar-refractivity contribution in [3.05, 3.63) is 122 Å². The van der Waals surface area contributed by atoms with E-state index in [-0.39, 0.29) is 37.9 Å². The molecule has 0 rings (SSSR count). The van der Waals surface area contributed by atoms with Crippen LogP contribution in [0, 0.1) is 0 Å². The lowest BCUT2D eigenvalue weighted by molar-refractivity contribution is -0.870. The number of nitrogens with one attached hydrogen (secondary N) is 1. The standard InChI is InChI=1S/C62H105N2O7P/c1-7-10-13-16-19-22-25-27-29-31-32-33-35-37-40-43-46-49-52-55-62(66)71-60(53-50-47-44-41-38-24-21-18-15-12-9-3)59(58-70-72(67,68)69-57-56-64(4,5)6)63-61(65)54-51-48-45-42-39-36-34-30-28-26-23-20-17-14-11-8-2/h10-11,13-14,19-20,22-23,27-30,32-33,36-37,39-40,50,53,59-60H,7-9,12,15-18,21,24-26,31,34-35,38,41-49,51-52,54-58H2,1-6H3,(H-,63,65,67,68)/p+1/b13-10-,14-11+,22-19-,23-20+,29-27-,30-28+,33-32-,39-36+,40-37-,53-50+. The lowest BCUT2D eigenvalue weighted by atomic mass is 10.1. The molecule has 0 saturated heterocycles. The van der Waals surface area contributed by atoms with Gasteiger partial charge < -0.3 is 19.4 Å². The zero-order valence-electron chi connectivity index (χ0n) is 46.6. The Hall–Kier alpha value is -3.59. The van der Waals surface area contributed by atoms with E-state index in [0.29, 0.717) is 23.9 Å². The minimum Gasteiger partial charge on any atom is -0.456 e. The van der Waals surface area contributed by atoms with Crippen molar-refractivity contribution < 1.29 is 37.3 Å². The van der Waals surface area contributed by atoms with Crippen molar-refractivity contribution in [2.45, 2.75) is 219 Å². The number of quaternary nitrogens is 1. The van der Waals surface area contributed by atoms with Gasteiger partial charge in [0.15, 0.2) is 0 Å². The molecule has 0 aliphatic rings. The van der Waals surface area contributed by atoms with Gasteiger partial charge in [0.25, 0.3) is 0 Å². The Labute approximate surface area is 442 Å². The summed E-state index contributed by atoms with van der Waals surface area (Å²) < 4.78 is 30.5. The van der Waals surface area contributed by atoms with Gasteiger partial charge in [-0.2, -0.15) is 0 Å². The maximum atomic E-state index is 13.5. The number of likely N-dealkylation sites (N-methyl/N-ethyl adjacent to an activating group) is 1. The van der Waals surface area contributed by atoms with Gasteiger partial charge in [-0.1, -0.05) is 200 Å². The molecule has 0 spiro atoms. The number of nitrogens with zero attached hydrogens (tertiary/aromatic N) is 1. The number of esters is 1. The molecule has 3 unspecified atom stereocenters. The van der Waals surface area contributed by atoms with E-state index in [0.717, 1.165) is 116 Å². The molecular formula is C62H106N2O7P+. The van der Waals surface area contributed by atoms with Crippen LogP contribution in [0.4, 0.5) is 0 Å². The average molecular weight is 1020 g/mol. The van der Waals surface area contributed by atoms with Crippen LogP contribution in [-0.2, 0) is 27.9 Å². The highest BCUT2D eigenvalue weighted by Gasteiger charge is 2.30. The third kappa shape index (κ3) is 51.3. The summed E-state index contributed by atoms with van der Waals surface area (Å²) in [4.78, 5) is 37.6. The summed E-state index contributed by atoms with van der Waals surface area (Å²) >= 11 is 0. The molecular weight excluding hydrogens is 916 g/mol. The number of allylic oxidation sites excluding steroid dienone is 19. The van der Waals surface area contributed by atoms with Gasteiger partial charge in [0, 0.05) is 12.8 Å². The number of phosphoric ester groups is 1. The first kappa shape index (κ1) is 68.4. The van der Waals surface area contributed by atoms with Crippen LogP contribution in [0.25, 0.3) is 0 Å². The fraction of sp³-hybridized carbons (Fsp3) is 0.645. The highest BCUT2D eigenvalue weighted by Crippen LogP contribution is 2.43. The molecule has 3 atom stereocenters. The lowest BCUT2D eigenvalue weighted by Crippen LogP contribution is -2.47. The molecule has 0 aromatic heterocycles. The Morgan fingerprint density at radius 2 is 0.889 bits per heavy atom. The molecule has 1 amide bonds. The Balaban J connectivity index is 5.45. The van der Waals surface area contributed by atoms with Crippen molar-refractivity contribution >= 4 is 19.7 Å². The number of carbonyl (C=O) groups excluding carboxylic acids is 2. The zero-order valence-corrected chi connectivity index (χ0v) is 47.5. The minimum absolute atomic E-state index is 0.0212. The van der Waals surface area contributed by atoms with Gasteiger partial charge in [-0.15, -0.1) is 0 Å². The van der Waals surface area contributed by atoms with Crippen molar-refractivity contribution in [1.29, 1.82) is 0 Å². The van der Waals surface area contributed by atoms with Crippen LogP contribution in [0.2, 0.25) is 0 Å². The molecule has 0 aromatic rings. The molecule has 10 heteroatoms. The molecule has 0 aliphatic heterocycles. The summed E-state index contributed by atoms with van der Waals surface area (Å²) in [6.45, 7) is 6.70. The largest absolute Gasteiger partial charge is 0.472 e. The summed E-state index contributed by atoms with van der Waals surface area (Å²) in [7, 11) is 1.43. The number of unbranched alkanes of at least 4 members (excludes halogenated alkanes) is 15. The van der Waals surface area contributed by atoms with E-state index in [1.807, 2.05) is 33.3 Å². The van der Waals surface area contributed by atoms with Gasteiger partial charge >= 0.3 is 13.8 Å². The van der Waals surface area contributed by atoms with E-state index < -0.39 is 20.0 Å². The topological polar surface area (TPSA) is 111 Å². The Morgan fingerprint density at radius 1 is 0.500 bits per heavy atom. The van der Waals surface area contributed by atoms with E-state index in [9.17, 15) is 19.0 Å². The lowest BCUT2D eigenvalue weighted by Gasteiger charge is -2.27. The molecule has 0 fully saturated rings. The minimum atomic E-state index is -4.47. The molecule has 72 heavy (non-hydrogen) atoms. The molecule has 2 N–H and O–H groups in total. The van der Waals surface area contributed by atoms with Crippen LogP contribution < -0.4 is 5.32 Å². The Kier molecular flexibility index (Phi) is 48.4. The van der Waals surface area contributed by atoms with Crippen molar-refractivity contribution in [2.75, 3.05) is 40.9 Å². The van der Waals surface area contributed by atoms with Crippen LogP contribution in [0.1, 0.15) is 207 Å². The zero-order chi connectivity index (χ0) is 52.9. The summed E-state index contributed by atoms with van der Waals surface area (Å²) in [6, 6.07) is -0.886. The number of hydrogen-bond acceptors (Lipinski definition) is 6. The number of ether oxygens (including phenoxy) is 1. The second kappa shape index (κ2) is 50.9. The first-order chi connectivity index (χ1) is 34.9. The van der Waals surface area contributed by atoms with Gasteiger partial charge in [-0.05, 0) is 115 Å². The fourth-order valence-corrected chi connectivity index (χ4v) is 8.04. The van der Waals surface area contributed by atoms with E-state index in [1.165, 1.54) is 44.9 Å². The van der Waals surface area contributed by atoms with Crippen molar-refractivity contribution in [3.8, 4) is 0 Å². The fourth-order valence-electron chi connectivity index (χ4n) is 7.31. The first-order valence-electron chi connectivity index (χ1n) is 28.4.